The number of aliphatic hydroxyl groups excluding tert-OH is 1. The van der Waals surface area contributed by atoms with Crippen molar-refractivity contribution in [1.82, 2.24) is 5.32 Å². The molecule has 0 aliphatic carbocycles. The number of hydrogen-bond acceptors (Lipinski definition) is 3. The highest BCUT2D eigenvalue weighted by Gasteiger charge is 2.23. The van der Waals surface area contributed by atoms with E-state index in [1.807, 2.05) is 13.8 Å². The molecule has 0 spiro atoms. The molecule has 0 radical (unpaired) electrons. The van der Waals surface area contributed by atoms with E-state index in [0.29, 0.717) is 6.54 Å². The summed E-state index contributed by atoms with van der Waals surface area (Å²) in [6.07, 6.45) is 1.69. The molecule has 1 amide bonds. The molecule has 1 aliphatic heterocycles. The van der Waals surface area contributed by atoms with Crippen LogP contribution in [0.4, 0.5) is 0 Å². The van der Waals surface area contributed by atoms with Crippen molar-refractivity contribution >= 4 is 17.7 Å². The Labute approximate surface area is 89.6 Å². The van der Waals surface area contributed by atoms with Gasteiger partial charge in [0.25, 0.3) is 0 Å². The third kappa shape index (κ3) is 3.50. The number of rotatable bonds is 4. The predicted molar refractivity (Wildman–Crippen MR) is 59.3 cm³/mol. The quantitative estimate of drug-likeness (QED) is 0.739. The smallest absolute Gasteiger partial charge is 0.233 e. The summed E-state index contributed by atoms with van der Waals surface area (Å²) >= 11 is 1.72. The molecule has 2 N–H and O–H groups in total. The molecular weight excluding hydrogens is 198 g/mol. The van der Waals surface area contributed by atoms with Gasteiger partial charge in [-0.3, -0.25) is 4.79 Å². The van der Waals surface area contributed by atoms with Crippen LogP contribution in [0.15, 0.2) is 0 Å². The monoisotopic (exact) mass is 217 g/mol. The third-order valence-electron chi connectivity index (χ3n) is 2.48. The lowest BCUT2D eigenvalue weighted by molar-refractivity contribution is -0.121. The molecule has 1 rings (SSSR count). The minimum Gasteiger partial charge on any atom is -0.391 e. The van der Waals surface area contributed by atoms with Crippen LogP contribution in [0.2, 0.25) is 0 Å². The van der Waals surface area contributed by atoms with Crippen LogP contribution in [0.5, 0.6) is 0 Å². The number of carbonyl (C=O) groups excluding carboxylic acids is 1. The van der Waals surface area contributed by atoms with Gasteiger partial charge in [-0.2, -0.15) is 0 Å². The Kier molecular flexibility index (Phi) is 4.75. The number of thioether (sulfide) groups is 1. The Hall–Kier alpha value is -0.220. The van der Waals surface area contributed by atoms with Gasteiger partial charge < -0.3 is 10.4 Å². The topological polar surface area (TPSA) is 49.3 Å². The predicted octanol–water partition coefficient (Wildman–Crippen LogP) is 1.02. The van der Waals surface area contributed by atoms with E-state index in [1.165, 1.54) is 0 Å². The molecule has 1 saturated heterocycles. The average molecular weight is 217 g/mol. The molecule has 1 heterocycles. The van der Waals surface area contributed by atoms with Crippen molar-refractivity contribution in [2.75, 3.05) is 12.3 Å². The summed E-state index contributed by atoms with van der Waals surface area (Å²) in [5.74, 6) is 1.38. The maximum atomic E-state index is 11.5. The van der Waals surface area contributed by atoms with E-state index < -0.39 is 6.10 Å². The van der Waals surface area contributed by atoms with E-state index in [0.717, 1.165) is 18.6 Å². The van der Waals surface area contributed by atoms with E-state index >= 15 is 0 Å². The Morgan fingerprint density at radius 2 is 2.36 bits per heavy atom. The molecule has 2 atom stereocenters. The minimum atomic E-state index is -0.426. The summed E-state index contributed by atoms with van der Waals surface area (Å²) in [7, 11) is 0. The van der Waals surface area contributed by atoms with Gasteiger partial charge in [0.15, 0.2) is 0 Å². The van der Waals surface area contributed by atoms with Crippen LogP contribution in [0, 0.1) is 5.92 Å². The molecule has 0 aromatic heterocycles. The van der Waals surface area contributed by atoms with Gasteiger partial charge in [-0.1, -0.05) is 13.8 Å². The van der Waals surface area contributed by atoms with Crippen LogP contribution >= 0.6 is 11.8 Å². The van der Waals surface area contributed by atoms with E-state index in [-0.39, 0.29) is 17.1 Å². The van der Waals surface area contributed by atoms with Crippen LogP contribution in [0.1, 0.15) is 26.7 Å². The summed E-state index contributed by atoms with van der Waals surface area (Å²) in [6.45, 7) is 4.27. The Morgan fingerprint density at radius 3 is 2.86 bits per heavy atom. The van der Waals surface area contributed by atoms with Crippen molar-refractivity contribution in [2.45, 2.75) is 38.0 Å². The van der Waals surface area contributed by atoms with Gasteiger partial charge in [-0.05, 0) is 24.5 Å². The van der Waals surface area contributed by atoms with Gasteiger partial charge >= 0.3 is 0 Å². The fourth-order valence-electron chi connectivity index (χ4n) is 1.34. The number of aliphatic hydroxyl groups is 1. The summed E-state index contributed by atoms with van der Waals surface area (Å²) in [5.41, 5.74) is 0. The van der Waals surface area contributed by atoms with Gasteiger partial charge in [0, 0.05) is 6.54 Å². The molecular formula is C10H19NO2S. The number of carbonyl (C=O) groups is 1. The highest BCUT2D eigenvalue weighted by molar-refractivity contribution is 8.00. The first-order valence-electron chi connectivity index (χ1n) is 5.18. The van der Waals surface area contributed by atoms with Crippen LogP contribution < -0.4 is 5.32 Å². The molecule has 0 aromatic rings. The van der Waals surface area contributed by atoms with Gasteiger partial charge in [-0.15, -0.1) is 11.8 Å². The highest BCUT2D eigenvalue weighted by Crippen LogP contribution is 2.25. The zero-order valence-electron chi connectivity index (χ0n) is 8.82. The molecule has 1 aliphatic rings. The van der Waals surface area contributed by atoms with Crippen LogP contribution in [0.25, 0.3) is 0 Å². The number of hydrogen-bond donors (Lipinski definition) is 2. The zero-order chi connectivity index (χ0) is 10.6. The SMILES string of the molecule is CC(C)C(O)CNC(=O)C1CCCS1. The summed E-state index contributed by atoms with van der Waals surface area (Å²) in [5, 5.41) is 12.4. The van der Waals surface area contributed by atoms with E-state index in [4.69, 9.17) is 0 Å². The summed E-state index contributed by atoms with van der Waals surface area (Å²) in [4.78, 5) is 11.5. The molecule has 2 unspecified atom stereocenters. The molecule has 82 valence electrons. The van der Waals surface area contributed by atoms with Crippen LogP contribution in [-0.2, 0) is 4.79 Å². The van der Waals surface area contributed by atoms with Crippen LogP contribution in [-0.4, -0.2) is 34.7 Å². The van der Waals surface area contributed by atoms with Crippen molar-refractivity contribution in [1.29, 1.82) is 0 Å². The van der Waals surface area contributed by atoms with E-state index in [2.05, 4.69) is 5.32 Å². The van der Waals surface area contributed by atoms with Crippen molar-refractivity contribution in [2.24, 2.45) is 5.92 Å². The Balaban J connectivity index is 2.20. The first-order chi connectivity index (χ1) is 6.61. The van der Waals surface area contributed by atoms with E-state index in [1.54, 1.807) is 11.8 Å². The Morgan fingerprint density at radius 1 is 1.64 bits per heavy atom. The first kappa shape index (κ1) is 11.9. The standard InChI is InChI=1S/C10H19NO2S/c1-7(2)8(12)6-11-10(13)9-4-3-5-14-9/h7-9,12H,3-6H2,1-2H3,(H,11,13). The average Bonchev–Trinajstić information content (AvgIpc) is 2.66. The number of amides is 1. The lowest BCUT2D eigenvalue weighted by Crippen LogP contribution is -2.38. The minimum absolute atomic E-state index is 0.0900. The number of nitrogens with one attached hydrogen (secondary N) is 1. The molecule has 14 heavy (non-hydrogen) atoms. The first-order valence-corrected chi connectivity index (χ1v) is 6.23. The third-order valence-corrected chi connectivity index (χ3v) is 3.85. The van der Waals surface area contributed by atoms with Gasteiger partial charge in [-0.25, -0.2) is 0 Å². The van der Waals surface area contributed by atoms with Crippen molar-refractivity contribution in [3.05, 3.63) is 0 Å². The maximum Gasteiger partial charge on any atom is 0.233 e. The van der Waals surface area contributed by atoms with E-state index in [9.17, 15) is 9.90 Å². The fraction of sp³-hybridized carbons (Fsp3) is 0.900. The Bertz CT molecular complexity index is 191. The fourth-order valence-corrected chi connectivity index (χ4v) is 2.53. The molecule has 0 saturated carbocycles. The largest absolute Gasteiger partial charge is 0.391 e. The van der Waals surface area contributed by atoms with Crippen molar-refractivity contribution in [3.8, 4) is 0 Å². The van der Waals surface area contributed by atoms with Gasteiger partial charge in [0.2, 0.25) is 5.91 Å². The maximum absolute atomic E-state index is 11.5. The molecule has 1 fully saturated rings. The second kappa shape index (κ2) is 5.61. The molecule has 4 heteroatoms. The summed E-state index contributed by atoms with van der Waals surface area (Å²) < 4.78 is 0. The normalized spacial score (nSPS) is 23.9. The van der Waals surface area contributed by atoms with Gasteiger partial charge in [0.05, 0.1) is 11.4 Å². The van der Waals surface area contributed by atoms with Crippen LogP contribution in [0.3, 0.4) is 0 Å². The lowest BCUT2D eigenvalue weighted by atomic mass is 10.1. The summed E-state index contributed by atoms with van der Waals surface area (Å²) in [6, 6.07) is 0. The molecule has 0 bridgehead atoms. The van der Waals surface area contributed by atoms with Gasteiger partial charge in [0.1, 0.15) is 0 Å². The second-order valence-electron chi connectivity index (χ2n) is 4.06. The lowest BCUT2D eigenvalue weighted by Gasteiger charge is -2.16. The second-order valence-corrected chi connectivity index (χ2v) is 5.37. The molecule has 3 nitrogen and oxygen atoms in total. The highest BCUT2D eigenvalue weighted by atomic mass is 32.2. The van der Waals surface area contributed by atoms with Crippen molar-refractivity contribution in [3.63, 3.8) is 0 Å². The molecule has 0 aromatic carbocycles. The van der Waals surface area contributed by atoms with Crippen molar-refractivity contribution < 1.29 is 9.90 Å². The zero-order valence-corrected chi connectivity index (χ0v) is 9.64.